The second kappa shape index (κ2) is 8.06. The molecule has 25 heavy (non-hydrogen) atoms. The van der Waals surface area contributed by atoms with E-state index in [2.05, 4.69) is 0 Å². The van der Waals surface area contributed by atoms with Crippen molar-refractivity contribution in [2.24, 2.45) is 0 Å². The van der Waals surface area contributed by atoms with Gasteiger partial charge >= 0.3 is 5.97 Å². The second-order valence-electron chi connectivity index (χ2n) is 4.80. The number of carboxylic acid groups (broad SMARTS) is 1. The zero-order valence-electron chi connectivity index (χ0n) is 12.9. The summed E-state index contributed by atoms with van der Waals surface area (Å²) < 4.78 is 58.7. The van der Waals surface area contributed by atoms with Gasteiger partial charge in [0.25, 0.3) is 0 Å². The topological polar surface area (TPSA) is 46.5 Å². The fraction of sp³-hybridized carbons (Fsp3) is 0.118. The number of methoxy groups -OCH3 is 1. The summed E-state index contributed by atoms with van der Waals surface area (Å²) in [5, 5.41) is 9.25. The lowest BCUT2D eigenvalue weighted by Crippen LogP contribution is -2.03. The van der Waals surface area contributed by atoms with Crippen molar-refractivity contribution < 1.29 is 32.2 Å². The third-order valence-electron chi connectivity index (χ3n) is 3.22. The molecule has 0 amide bonds. The molecule has 0 heterocycles. The van der Waals surface area contributed by atoms with Crippen molar-refractivity contribution in [2.45, 2.75) is 10.6 Å². The Morgan fingerprint density at radius 1 is 1.16 bits per heavy atom. The van der Waals surface area contributed by atoms with Crippen molar-refractivity contribution in [3.8, 4) is 0 Å². The normalized spacial score (nSPS) is 11.5. The monoisotopic (exact) mass is 372 g/mol. The van der Waals surface area contributed by atoms with Crippen molar-refractivity contribution >= 4 is 23.3 Å². The minimum absolute atomic E-state index is 0.136. The Morgan fingerprint density at radius 3 is 2.32 bits per heavy atom. The predicted molar refractivity (Wildman–Crippen MR) is 84.9 cm³/mol. The number of rotatable bonds is 6. The Hall–Kier alpha value is -2.48. The molecule has 0 spiro atoms. The summed E-state index contributed by atoms with van der Waals surface area (Å²) >= 11 is 0.844. The Labute approximate surface area is 144 Å². The first-order valence-electron chi connectivity index (χ1n) is 6.87. The van der Waals surface area contributed by atoms with Gasteiger partial charge < -0.3 is 9.84 Å². The molecule has 8 heteroatoms. The summed E-state index contributed by atoms with van der Waals surface area (Å²) in [7, 11) is 1.28. The number of carbonyl (C=O) groups is 1. The van der Waals surface area contributed by atoms with Crippen LogP contribution >= 0.6 is 11.8 Å². The number of thioether (sulfide) groups is 1. The Kier molecular flexibility index (Phi) is 6.08. The quantitative estimate of drug-likeness (QED) is 0.265. The van der Waals surface area contributed by atoms with Crippen LogP contribution in [0.4, 0.5) is 17.6 Å². The molecule has 0 aliphatic heterocycles. The number of hydrogen-bond acceptors (Lipinski definition) is 3. The third kappa shape index (κ3) is 4.14. The summed E-state index contributed by atoms with van der Waals surface area (Å²) in [6.45, 7) is 0. The first kappa shape index (κ1) is 18.9. The van der Waals surface area contributed by atoms with Crippen LogP contribution in [-0.2, 0) is 15.3 Å². The van der Waals surface area contributed by atoms with Crippen LogP contribution in [0, 0.1) is 23.3 Å². The van der Waals surface area contributed by atoms with E-state index in [1.807, 2.05) is 0 Å². The van der Waals surface area contributed by atoms with Crippen LogP contribution in [0.1, 0.15) is 11.1 Å². The zero-order valence-corrected chi connectivity index (χ0v) is 13.7. The van der Waals surface area contributed by atoms with E-state index in [0.717, 1.165) is 18.0 Å². The molecule has 0 bridgehead atoms. The molecular formula is C17H12F4O3S. The highest BCUT2D eigenvalue weighted by atomic mass is 32.2. The number of halogens is 4. The average molecular weight is 372 g/mol. The van der Waals surface area contributed by atoms with Gasteiger partial charge in [-0.2, -0.15) is 0 Å². The summed E-state index contributed by atoms with van der Waals surface area (Å²) in [6, 6.07) is 6.32. The number of hydrogen-bond donors (Lipinski definition) is 1. The minimum Gasteiger partial charge on any atom is -0.503 e. The van der Waals surface area contributed by atoms with Crippen molar-refractivity contribution in [2.75, 3.05) is 7.11 Å². The number of benzene rings is 2. The standard InChI is InChI=1S/C17H12F4O3S/c1-24-7-10(17(22)23)9-4-2-3-5-14(9)25-8-11-15(20)12(18)6-13(19)16(11)21/h2-7H,8H2,1H3,(H,22,23)/b10-7+. The maximum atomic E-state index is 13.7. The molecule has 2 rings (SSSR count). The first-order valence-corrected chi connectivity index (χ1v) is 7.85. The van der Waals surface area contributed by atoms with Crippen molar-refractivity contribution in [1.82, 2.24) is 0 Å². The molecule has 0 aromatic heterocycles. The number of aliphatic carboxylic acids is 1. The highest BCUT2D eigenvalue weighted by Crippen LogP contribution is 2.33. The molecule has 0 aliphatic carbocycles. The van der Waals surface area contributed by atoms with Gasteiger partial charge in [0.2, 0.25) is 0 Å². The van der Waals surface area contributed by atoms with Crippen LogP contribution < -0.4 is 0 Å². The van der Waals surface area contributed by atoms with Gasteiger partial charge in [0.05, 0.1) is 13.4 Å². The molecular weight excluding hydrogens is 360 g/mol. The molecule has 0 atom stereocenters. The lowest BCUT2D eigenvalue weighted by Gasteiger charge is -2.11. The largest absolute Gasteiger partial charge is 0.503 e. The van der Waals surface area contributed by atoms with E-state index in [1.54, 1.807) is 12.1 Å². The van der Waals surface area contributed by atoms with Gasteiger partial charge in [0, 0.05) is 27.8 Å². The van der Waals surface area contributed by atoms with Gasteiger partial charge in [-0.1, -0.05) is 18.2 Å². The van der Waals surface area contributed by atoms with E-state index >= 15 is 0 Å². The van der Waals surface area contributed by atoms with Gasteiger partial charge in [-0.25, -0.2) is 22.4 Å². The molecule has 132 valence electrons. The third-order valence-corrected chi connectivity index (χ3v) is 4.32. The lowest BCUT2D eigenvalue weighted by molar-refractivity contribution is -0.130. The maximum Gasteiger partial charge on any atom is 0.339 e. The summed E-state index contributed by atoms with van der Waals surface area (Å²) in [5.74, 6) is -7.63. The molecule has 0 aliphatic rings. The highest BCUT2D eigenvalue weighted by molar-refractivity contribution is 7.98. The van der Waals surface area contributed by atoms with E-state index < -0.39 is 40.6 Å². The molecule has 0 unspecified atom stereocenters. The van der Waals surface area contributed by atoms with Crippen LogP contribution in [0.3, 0.4) is 0 Å². The van der Waals surface area contributed by atoms with E-state index in [-0.39, 0.29) is 17.2 Å². The lowest BCUT2D eigenvalue weighted by atomic mass is 10.1. The zero-order chi connectivity index (χ0) is 18.6. The van der Waals surface area contributed by atoms with Crippen LogP contribution in [0.15, 0.2) is 41.5 Å². The van der Waals surface area contributed by atoms with Crippen molar-refractivity contribution in [3.63, 3.8) is 0 Å². The Bertz CT molecular complexity index is 811. The molecule has 0 fully saturated rings. The molecule has 2 aromatic rings. The average Bonchev–Trinajstić information content (AvgIpc) is 2.58. The fourth-order valence-electron chi connectivity index (χ4n) is 2.06. The molecule has 0 saturated heterocycles. The van der Waals surface area contributed by atoms with Crippen LogP contribution in [-0.4, -0.2) is 18.2 Å². The van der Waals surface area contributed by atoms with Gasteiger partial charge in [-0.15, -0.1) is 11.8 Å². The van der Waals surface area contributed by atoms with Crippen LogP contribution in [0.2, 0.25) is 0 Å². The van der Waals surface area contributed by atoms with Crippen LogP contribution in [0.5, 0.6) is 0 Å². The molecule has 2 aromatic carbocycles. The van der Waals surface area contributed by atoms with E-state index in [0.29, 0.717) is 4.90 Å². The van der Waals surface area contributed by atoms with Gasteiger partial charge in [-0.3, -0.25) is 0 Å². The first-order chi connectivity index (χ1) is 11.9. The SMILES string of the molecule is CO/C=C(/C(=O)O)c1ccccc1SCc1c(F)c(F)cc(F)c1F. The Balaban J connectivity index is 2.38. The minimum atomic E-state index is -1.49. The fourth-order valence-corrected chi connectivity index (χ4v) is 3.12. The van der Waals surface area contributed by atoms with E-state index in [4.69, 9.17) is 4.74 Å². The molecule has 3 nitrogen and oxygen atoms in total. The Morgan fingerprint density at radius 2 is 1.76 bits per heavy atom. The van der Waals surface area contributed by atoms with Gasteiger partial charge in [-0.05, 0) is 6.07 Å². The van der Waals surface area contributed by atoms with E-state index in [1.165, 1.54) is 19.2 Å². The van der Waals surface area contributed by atoms with Crippen LogP contribution in [0.25, 0.3) is 5.57 Å². The van der Waals surface area contributed by atoms with Gasteiger partial charge in [0.15, 0.2) is 23.3 Å². The highest BCUT2D eigenvalue weighted by Gasteiger charge is 2.20. The second-order valence-corrected chi connectivity index (χ2v) is 5.82. The molecule has 0 saturated carbocycles. The predicted octanol–water partition coefficient (Wildman–Crippen LogP) is 4.61. The summed E-state index contributed by atoms with van der Waals surface area (Å²) in [5.41, 5.74) is -0.679. The molecule has 1 N–H and O–H groups in total. The van der Waals surface area contributed by atoms with E-state index in [9.17, 15) is 27.5 Å². The smallest absolute Gasteiger partial charge is 0.339 e. The number of carboxylic acids is 1. The number of ether oxygens (including phenoxy) is 1. The van der Waals surface area contributed by atoms with Gasteiger partial charge in [0.1, 0.15) is 5.57 Å². The van der Waals surface area contributed by atoms with Crippen molar-refractivity contribution in [3.05, 3.63) is 71.0 Å². The maximum absolute atomic E-state index is 13.7. The van der Waals surface area contributed by atoms with Crippen molar-refractivity contribution in [1.29, 1.82) is 0 Å². The summed E-state index contributed by atoms with van der Waals surface area (Å²) in [4.78, 5) is 11.7. The summed E-state index contributed by atoms with van der Waals surface area (Å²) in [6.07, 6.45) is 1.02. The molecule has 0 radical (unpaired) electrons.